The Morgan fingerprint density at radius 3 is 2.73 bits per heavy atom. The van der Waals surface area contributed by atoms with Crippen LogP contribution in [0.25, 0.3) is 0 Å². The number of alkyl halides is 3. The summed E-state index contributed by atoms with van der Waals surface area (Å²) in [6.07, 6.45) is -2.37. The molecular formula is C20H23F3N4O3. The van der Waals surface area contributed by atoms with Crippen molar-refractivity contribution in [1.29, 1.82) is 0 Å². The SMILES string of the molecule is CN1CCCC(Oc2nc(C(=O)NCCc3ccc(C(F)(F)F)cc3)cc(=O)[nH]2)C1. The molecule has 1 saturated heterocycles. The molecule has 0 radical (unpaired) electrons. The quantitative estimate of drug-likeness (QED) is 0.743. The van der Waals surface area contributed by atoms with Crippen molar-refractivity contribution in [2.75, 3.05) is 26.7 Å². The molecule has 1 amide bonds. The Bertz CT molecular complexity index is 928. The molecule has 1 aromatic carbocycles. The Kier molecular flexibility index (Phi) is 6.76. The topological polar surface area (TPSA) is 87.3 Å². The molecule has 0 aliphatic carbocycles. The number of aromatic amines is 1. The second kappa shape index (κ2) is 9.29. The van der Waals surface area contributed by atoms with Gasteiger partial charge in [-0.25, -0.2) is 0 Å². The number of aromatic nitrogens is 2. The van der Waals surface area contributed by atoms with Crippen LogP contribution < -0.4 is 15.6 Å². The summed E-state index contributed by atoms with van der Waals surface area (Å²) >= 11 is 0. The van der Waals surface area contributed by atoms with Gasteiger partial charge in [0.25, 0.3) is 17.5 Å². The predicted octanol–water partition coefficient (Wildman–Crippen LogP) is 2.23. The van der Waals surface area contributed by atoms with Crippen molar-refractivity contribution in [1.82, 2.24) is 20.2 Å². The first-order valence-electron chi connectivity index (χ1n) is 9.61. The largest absolute Gasteiger partial charge is 0.460 e. The van der Waals surface area contributed by atoms with E-state index < -0.39 is 23.2 Å². The van der Waals surface area contributed by atoms with Gasteiger partial charge >= 0.3 is 6.18 Å². The van der Waals surface area contributed by atoms with Crippen LogP contribution in [-0.2, 0) is 12.6 Å². The third-order valence-corrected chi connectivity index (χ3v) is 4.79. The molecule has 2 aromatic rings. The van der Waals surface area contributed by atoms with Crippen molar-refractivity contribution in [2.45, 2.75) is 31.5 Å². The molecule has 7 nitrogen and oxygen atoms in total. The molecule has 0 bridgehead atoms. The monoisotopic (exact) mass is 424 g/mol. The molecule has 1 aliphatic rings. The van der Waals surface area contributed by atoms with Crippen molar-refractivity contribution in [3.05, 3.63) is 57.5 Å². The Balaban J connectivity index is 1.56. The molecule has 30 heavy (non-hydrogen) atoms. The lowest BCUT2D eigenvalue weighted by atomic mass is 10.1. The van der Waals surface area contributed by atoms with Gasteiger partial charge in [0.15, 0.2) is 0 Å². The van der Waals surface area contributed by atoms with E-state index in [1.807, 2.05) is 7.05 Å². The van der Waals surface area contributed by atoms with E-state index >= 15 is 0 Å². The van der Waals surface area contributed by atoms with Gasteiger partial charge in [0, 0.05) is 19.2 Å². The summed E-state index contributed by atoms with van der Waals surface area (Å²) < 4.78 is 43.5. The van der Waals surface area contributed by atoms with Gasteiger partial charge in [-0.15, -0.1) is 0 Å². The summed E-state index contributed by atoms with van der Waals surface area (Å²) in [6.45, 7) is 1.86. The van der Waals surface area contributed by atoms with Crippen LogP contribution in [-0.4, -0.2) is 53.6 Å². The van der Waals surface area contributed by atoms with Gasteiger partial charge in [0.05, 0.1) is 5.56 Å². The highest BCUT2D eigenvalue weighted by molar-refractivity contribution is 5.92. The highest BCUT2D eigenvalue weighted by Crippen LogP contribution is 2.29. The zero-order valence-corrected chi connectivity index (χ0v) is 16.5. The number of piperidine rings is 1. The summed E-state index contributed by atoms with van der Waals surface area (Å²) in [5.41, 5.74) is -0.658. The number of rotatable bonds is 6. The average molecular weight is 424 g/mol. The first-order chi connectivity index (χ1) is 14.2. The zero-order valence-electron chi connectivity index (χ0n) is 16.5. The van der Waals surface area contributed by atoms with Crippen molar-refractivity contribution in [3.63, 3.8) is 0 Å². The molecule has 0 saturated carbocycles. The van der Waals surface area contributed by atoms with Crippen LogP contribution in [0, 0.1) is 0 Å². The van der Waals surface area contributed by atoms with E-state index in [2.05, 4.69) is 20.2 Å². The number of likely N-dealkylation sites (tertiary alicyclic amines) is 1. The van der Waals surface area contributed by atoms with Crippen molar-refractivity contribution < 1.29 is 22.7 Å². The second-order valence-electron chi connectivity index (χ2n) is 7.28. The predicted molar refractivity (Wildman–Crippen MR) is 103 cm³/mol. The Morgan fingerprint density at radius 1 is 1.33 bits per heavy atom. The fourth-order valence-corrected chi connectivity index (χ4v) is 3.25. The smallest absolute Gasteiger partial charge is 0.416 e. The van der Waals surface area contributed by atoms with E-state index in [1.165, 1.54) is 12.1 Å². The van der Waals surface area contributed by atoms with Crippen LogP contribution in [0.4, 0.5) is 13.2 Å². The van der Waals surface area contributed by atoms with Crippen molar-refractivity contribution in [3.8, 4) is 6.01 Å². The van der Waals surface area contributed by atoms with Crippen LogP contribution >= 0.6 is 0 Å². The number of carbonyl (C=O) groups is 1. The number of nitrogens with zero attached hydrogens (tertiary/aromatic N) is 2. The summed E-state index contributed by atoms with van der Waals surface area (Å²) in [7, 11) is 1.98. The maximum Gasteiger partial charge on any atom is 0.416 e. The summed E-state index contributed by atoms with van der Waals surface area (Å²) in [6, 6.07) is 5.81. The lowest BCUT2D eigenvalue weighted by Crippen LogP contribution is -2.39. The van der Waals surface area contributed by atoms with E-state index in [0.29, 0.717) is 18.5 Å². The normalized spacial score (nSPS) is 17.5. The molecule has 3 rings (SSSR count). The fraction of sp³-hybridized carbons (Fsp3) is 0.450. The molecule has 0 spiro atoms. The van der Waals surface area contributed by atoms with Gasteiger partial charge in [-0.2, -0.15) is 18.2 Å². The number of likely N-dealkylation sites (N-methyl/N-ethyl adjacent to an activating group) is 1. The number of benzene rings is 1. The lowest BCUT2D eigenvalue weighted by Gasteiger charge is -2.29. The fourth-order valence-electron chi connectivity index (χ4n) is 3.25. The molecule has 1 fully saturated rings. The molecule has 10 heteroatoms. The molecule has 162 valence electrons. The number of nitrogens with one attached hydrogen (secondary N) is 2. The van der Waals surface area contributed by atoms with Crippen LogP contribution in [0.1, 0.15) is 34.5 Å². The first-order valence-corrected chi connectivity index (χ1v) is 9.61. The number of amides is 1. The highest BCUT2D eigenvalue weighted by Gasteiger charge is 2.29. The highest BCUT2D eigenvalue weighted by atomic mass is 19.4. The minimum atomic E-state index is -4.38. The molecule has 1 aliphatic heterocycles. The van der Waals surface area contributed by atoms with E-state index in [1.54, 1.807) is 0 Å². The van der Waals surface area contributed by atoms with Crippen LogP contribution in [0.15, 0.2) is 35.1 Å². The summed E-state index contributed by atoms with van der Waals surface area (Å²) in [5.74, 6) is -0.557. The van der Waals surface area contributed by atoms with Gasteiger partial charge in [-0.1, -0.05) is 12.1 Å². The molecule has 1 aromatic heterocycles. The standard InChI is InChI=1S/C20H23F3N4O3/c1-27-10-2-3-15(12-27)30-19-25-16(11-17(28)26-19)18(29)24-9-8-13-4-6-14(7-5-13)20(21,22)23/h4-7,11,15H,2-3,8-10,12H2,1H3,(H,24,29)(H,25,26,28). The number of hydrogen-bond donors (Lipinski definition) is 2. The molecule has 2 heterocycles. The summed E-state index contributed by atoms with van der Waals surface area (Å²) in [4.78, 5) is 32.9. The van der Waals surface area contributed by atoms with E-state index in [-0.39, 0.29) is 24.4 Å². The zero-order chi connectivity index (χ0) is 21.7. The van der Waals surface area contributed by atoms with E-state index in [0.717, 1.165) is 37.6 Å². The maximum absolute atomic E-state index is 12.6. The minimum absolute atomic E-state index is 0.00399. The Hall–Kier alpha value is -2.88. The number of H-pyrrole nitrogens is 1. The average Bonchev–Trinajstić information content (AvgIpc) is 2.67. The van der Waals surface area contributed by atoms with E-state index in [9.17, 15) is 22.8 Å². The third-order valence-electron chi connectivity index (χ3n) is 4.79. The third kappa shape index (κ3) is 6.06. The van der Waals surface area contributed by atoms with Crippen LogP contribution in [0.5, 0.6) is 6.01 Å². The van der Waals surface area contributed by atoms with Gasteiger partial charge in [0.2, 0.25) is 0 Å². The van der Waals surface area contributed by atoms with Crippen LogP contribution in [0.2, 0.25) is 0 Å². The molecule has 1 unspecified atom stereocenters. The van der Waals surface area contributed by atoms with E-state index in [4.69, 9.17) is 4.74 Å². The van der Waals surface area contributed by atoms with Crippen molar-refractivity contribution in [2.24, 2.45) is 0 Å². The van der Waals surface area contributed by atoms with Gasteiger partial charge < -0.3 is 15.0 Å². The van der Waals surface area contributed by atoms with Gasteiger partial charge in [0.1, 0.15) is 11.8 Å². The molecular weight excluding hydrogens is 401 g/mol. The number of halogens is 3. The second-order valence-corrected chi connectivity index (χ2v) is 7.28. The lowest BCUT2D eigenvalue weighted by molar-refractivity contribution is -0.137. The minimum Gasteiger partial charge on any atom is -0.460 e. The van der Waals surface area contributed by atoms with Crippen LogP contribution in [0.3, 0.4) is 0 Å². The Morgan fingerprint density at radius 2 is 2.07 bits per heavy atom. The molecule has 1 atom stereocenters. The number of ether oxygens (including phenoxy) is 1. The maximum atomic E-state index is 12.6. The Labute approximate surface area is 171 Å². The summed E-state index contributed by atoms with van der Waals surface area (Å²) in [5, 5.41) is 2.62. The number of hydrogen-bond acceptors (Lipinski definition) is 5. The first kappa shape index (κ1) is 21.8. The molecule has 2 N–H and O–H groups in total. The van der Waals surface area contributed by atoms with Gasteiger partial charge in [-0.05, 0) is 50.6 Å². The van der Waals surface area contributed by atoms with Crippen molar-refractivity contribution >= 4 is 5.91 Å². The van der Waals surface area contributed by atoms with Gasteiger partial charge in [-0.3, -0.25) is 14.6 Å². The number of carbonyl (C=O) groups excluding carboxylic acids is 1.